The third-order valence-corrected chi connectivity index (χ3v) is 5.07. The van der Waals surface area contributed by atoms with Crippen molar-refractivity contribution >= 4 is 5.91 Å². The van der Waals surface area contributed by atoms with E-state index in [2.05, 4.69) is 4.98 Å². The summed E-state index contributed by atoms with van der Waals surface area (Å²) < 4.78 is 29.2. The standard InChI is InChI=1S/C21H20F2N4O/c1-13-5-7-24-19(9-13)21-17-12-26(14(2)28)8-6-20(17)27(25-21)11-15-3-4-16(22)10-18(15)23/h3-5,7,9-10H,6,8,11-12H2,1-2H3. The Balaban J connectivity index is 1.79. The number of rotatable bonds is 3. The molecule has 1 amide bonds. The number of carbonyl (C=O) groups excluding carboxylic acids is 1. The van der Waals surface area contributed by atoms with Crippen LogP contribution in [0.15, 0.2) is 36.5 Å². The summed E-state index contributed by atoms with van der Waals surface area (Å²) in [7, 11) is 0. The summed E-state index contributed by atoms with van der Waals surface area (Å²) >= 11 is 0. The molecule has 0 aliphatic carbocycles. The van der Waals surface area contributed by atoms with E-state index in [-0.39, 0.29) is 12.5 Å². The van der Waals surface area contributed by atoms with Gasteiger partial charge in [-0.3, -0.25) is 14.5 Å². The predicted octanol–water partition coefficient (Wildman–Crippen LogP) is 3.48. The maximum absolute atomic E-state index is 14.2. The lowest BCUT2D eigenvalue weighted by atomic mass is 10.0. The number of aromatic nitrogens is 3. The highest BCUT2D eigenvalue weighted by Crippen LogP contribution is 2.30. The molecule has 2 aromatic heterocycles. The number of benzene rings is 1. The molecule has 0 N–H and O–H groups in total. The Morgan fingerprint density at radius 2 is 2.04 bits per heavy atom. The van der Waals surface area contributed by atoms with Crippen LogP contribution in [0.4, 0.5) is 8.78 Å². The van der Waals surface area contributed by atoms with E-state index in [1.807, 2.05) is 19.1 Å². The number of hydrogen-bond acceptors (Lipinski definition) is 3. The minimum Gasteiger partial charge on any atom is -0.338 e. The van der Waals surface area contributed by atoms with Crippen LogP contribution in [0.1, 0.15) is 29.3 Å². The molecule has 28 heavy (non-hydrogen) atoms. The van der Waals surface area contributed by atoms with E-state index >= 15 is 0 Å². The second-order valence-corrected chi connectivity index (χ2v) is 7.08. The van der Waals surface area contributed by atoms with E-state index in [1.165, 1.54) is 12.1 Å². The zero-order chi connectivity index (χ0) is 19.8. The molecule has 1 aliphatic heterocycles. The topological polar surface area (TPSA) is 51.0 Å². The highest BCUT2D eigenvalue weighted by molar-refractivity contribution is 5.74. The van der Waals surface area contributed by atoms with Crippen LogP contribution in [0.2, 0.25) is 0 Å². The van der Waals surface area contributed by atoms with Crippen LogP contribution in [-0.4, -0.2) is 32.1 Å². The molecule has 0 unspecified atom stereocenters. The Bertz CT molecular complexity index is 1060. The number of pyridine rings is 1. The Morgan fingerprint density at radius 3 is 2.75 bits per heavy atom. The third-order valence-electron chi connectivity index (χ3n) is 5.07. The Morgan fingerprint density at radius 1 is 1.21 bits per heavy atom. The summed E-state index contributed by atoms with van der Waals surface area (Å²) in [5.41, 5.74) is 4.73. The van der Waals surface area contributed by atoms with E-state index < -0.39 is 11.6 Å². The summed E-state index contributed by atoms with van der Waals surface area (Å²) in [5, 5.41) is 4.71. The van der Waals surface area contributed by atoms with Crippen LogP contribution in [0.25, 0.3) is 11.4 Å². The number of halogens is 2. The lowest BCUT2D eigenvalue weighted by Gasteiger charge is -2.26. The zero-order valence-electron chi connectivity index (χ0n) is 15.7. The molecule has 1 aromatic carbocycles. The molecule has 0 saturated carbocycles. The molecule has 0 fully saturated rings. The molecule has 0 atom stereocenters. The molecule has 0 radical (unpaired) electrons. The zero-order valence-corrected chi connectivity index (χ0v) is 15.7. The first-order valence-corrected chi connectivity index (χ1v) is 9.13. The first-order valence-electron chi connectivity index (χ1n) is 9.13. The van der Waals surface area contributed by atoms with Crippen molar-refractivity contribution in [1.29, 1.82) is 0 Å². The fourth-order valence-electron chi connectivity index (χ4n) is 3.57. The first kappa shape index (κ1) is 18.3. The molecule has 3 aromatic rings. The number of carbonyl (C=O) groups is 1. The lowest BCUT2D eigenvalue weighted by molar-refractivity contribution is -0.129. The van der Waals surface area contributed by atoms with E-state index in [0.717, 1.165) is 28.6 Å². The second-order valence-electron chi connectivity index (χ2n) is 7.08. The van der Waals surface area contributed by atoms with Gasteiger partial charge in [0.2, 0.25) is 5.91 Å². The van der Waals surface area contributed by atoms with Gasteiger partial charge in [-0.25, -0.2) is 8.78 Å². The minimum atomic E-state index is -0.606. The van der Waals surface area contributed by atoms with Gasteiger partial charge >= 0.3 is 0 Å². The van der Waals surface area contributed by atoms with Crippen molar-refractivity contribution in [3.05, 3.63) is 70.5 Å². The van der Waals surface area contributed by atoms with Gasteiger partial charge in [-0.15, -0.1) is 0 Å². The maximum Gasteiger partial charge on any atom is 0.219 e. The molecule has 0 saturated heterocycles. The molecular formula is C21H20F2N4O. The second kappa shape index (κ2) is 7.14. The minimum absolute atomic E-state index is 0.00568. The van der Waals surface area contributed by atoms with Crippen LogP contribution in [0.5, 0.6) is 0 Å². The summed E-state index contributed by atoms with van der Waals surface area (Å²) in [5.74, 6) is -1.20. The van der Waals surface area contributed by atoms with E-state index in [9.17, 15) is 13.6 Å². The number of aryl methyl sites for hydroxylation is 1. The summed E-state index contributed by atoms with van der Waals surface area (Å²) in [6.07, 6.45) is 2.35. The number of amides is 1. The number of nitrogens with zero attached hydrogens (tertiary/aromatic N) is 4. The lowest BCUT2D eigenvalue weighted by Crippen LogP contribution is -2.34. The van der Waals surface area contributed by atoms with Crippen LogP contribution >= 0.6 is 0 Å². The SMILES string of the molecule is CC(=O)N1CCc2c(c(-c3cc(C)ccn3)nn2Cc2ccc(F)cc2F)C1. The van der Waals surface area contributed by atoms with Crippen molar-refractivity contribution in [2.45, 2.75) is 33.4 Å². The highest BCUT2D eigenvalue weighted by atomic mass is 19.1. The fraction of sp³-hybridized carbons (Fsp3) is 0.286. The largest absolute Gasteiger partial charge is 0.338 e. The Kier molecular flexibility index (Phi) is 4.66. The number of fused-ring (bicyclic) bond motifs is 1. The Hall–Kier alpha value is -3.09. The monoisotopic (exact) mass is 382 g/mol. The van der Waals surface area contributed by atoms with Gasteiger partial charge in [0.1, 0.15) is 17.3 Å². The van der Waals surface area contributed by atoms with E-state index in [0.29, 0.717) is 30.8 Å². The fourth-order valence-corrected chi connectivity index (χ4v) is 3.57. The average molecular weight is 382 g/mol. The van der Waals surface area contributed by atoms with Gasteiger partial charge < -0.3 is 4.90 Å². The van der Waals surface area contributed by atoms with Gasteiger partial charge in [0.15, 0.2) is 0 Å². The van der Waals surface area contributed by atoms with Crippen molar-refractivity contribution in [2.24, 2.45) is 0 Å². The van der Waals surface area contributed by atoms with Crippen molar-refractivity contribution in [3.63, 3.8) is 0 Å². The van der Waals surface area contributed by atoms with Gasteiger partial charge in [0.25, 0.3) is 0 Å². The van der Waals surface area contributed by atoms with Gasteiger partial charge in [-0.1, -0.05) is 6.07 Å². The quantitative estimate of drug-likeness (QED) is 0.697. The molecule has 4 rings (SSSR count). The van der Waals surface area contributed by atoms with E-state index in [4.69, 9.17) is 5.10 Å². The Labute approximate surface area is 161 Å². The van der Waals surface area contributed by atoms with Crippen molar-refractivity contribution in [1.82, 2.24) is 19.7 Å². The smallest absolute Gasteiger partial charge is 0.219 e. The maximum atomic E-state index is 14.2. The van der Waals surface area contributed by atoms with Crippen LogP contribution < -0.4 is 0 Å². The molecule has 0 bridgehead atoms. The van der Waals surface area contributed by atoms with Gasteiger partial charge in [-0.05, 0) is 30.7 Å². The van der Waals surface area contributed by atoms with Gasteiger partial charge in [0.05, 0.1) is 12.2 Å². The highest BCUT2D eigenvalue weighted by Gasteiger charge is 2.27. The normalized spacial score (nSPS) is 13.5. The third kappa shape index (κ3) is 3.40. The summed E-state index contributed by atoms with van der Waals surface area (Å²) in [4.78, 5) is 18.1. The molecular weight excluding hydrogens is 362 g/mol. The summed E-state index contributed by atoms with van der Waals surface area (Å²) in [6.45, 7) is 4.75. The molecule has 5 nitrogen and oxygen atoms in total. The van der Waals surface area contributed by atoms with Gasteiger partial charge in [0, 0.05) is 55.5 Å². The van der Waals surface area contributed by atoms with Gasteiger partial charge in [-0.2, -0.15) is 5.10 Å². The van der Waals surface area contributed by atoms with Crippen molar-refractivity contribution in [2.75, 3.05) is 6.54 Å². The predicted molar refractivity (Wildman–Crippen MR) is 100 cm³/mol. The van der Waals surface area contributed by atoms with Crippen molar-refractivity contribution < 1.29 is 13.6 Å². The molecule has 0 spiro atoms. The molecule has 144 valence electrons. The molecule has 7 heteroatoms. The summed E-state index contributed by atoms with van der Waals surface area (Å²) in [6, 6.07) is 7.41. The average Bonchev–Trinajstić information content (AvgIpc) is 3.02. The van der Waals surface area contributed by atoms with Crippen LogP contribution in [-0.2, 0) is 24.3 Å². The van der Waals surface area contributed by atoms with E-state index in [1.54, 1.807) is 22.7 Å². The molecule has 3 heterocycles. The van der Waals surface area contributed by atoms with Crippen molar-refractivity contribution in [3.8, 4) is 11.4 Å². The van der Waals surface area contributed by atoms with Crippen LogP contribution in [0, 0.1) is 18.6 Å². The number of hydrogen-bond donors (Lipinski definition) is 0. The first-order chi connectivity index (χ1) is 13.4. The van der Waals surface area contributed by atoms with Crippen LogP contribution in [0.3, 0.4) is 0 Å². The molecule has 1 aliphatic rings.